The molecule has 0 bridgehead atoms. The van der Waals surface area contributed by atoms with Gasteiger partial charge in [-0.15, -0.1) is 0 Å². The summed E-state index contributed by atoms with van der Waals surface area (Å²) in [6.45, 7) is 5.54. The van der Waals surface area contributed by atoms with Gasteiger partial charge in [0.2, 0.25) is 5.91 Å². The Balaban J connectivity index is 1.92. The number of amides is 3. The van der Waals surface area contributed by atoms with Crippen LogP contribution in [0.2, 0.25) is 0 Å². The lowest BCUT2D eigenvalue weighted by atomic mass is 10.1. The van der Waals surface area contributed by atoms with Gasteiger partial charge in [0.25, 0.3) is 5.56 Å². The fraction of sp³-hybridized carbons (Fsp3) is 0.273. The number of carbonyl (C=O) groups excluding carboxylic acids is 2. The van der Waals surface area contributed by atoms with Crippen LogP contribution in [0.5, 0.6) is 0 Å². The van der Waals surface area contributed by atoms with Crippen molar-refractivity contribution in [1.82, 2.24) is 20.2 Å². The highest BCUT2D eigenvalue weighted by Gasteiger charge is 2.19. The number of imide groups is 1. The van der Waals surface area contributed by atoms with Crippen molar-refractivity contribution < 1.29 is 9.59 Å². The topological polar surface area (TPSA) is 93.1 Å². The SMILES string of the molecule is CC(C)NC(=O)NC(=O)CSc1nc2ccccc2c(=O)n1[C@H](C)c1ccccc1. The van der Waals surface area contributed by atoms with Gasteiger partial charge in [-0.1, -0.05) is 54.2 Å². The molecule has 7 nitrogen and oxygen atoms in total. The third-order valence-electron chi connectivity index (χ3n) is 4.45. The van der Waals surface area contributed by atoms with Gasteiger partial charge in [0, 0.05) is 6.04 Å². The van der Waals surface area contributed by atoms with Gasteiger partial charge in [-0.2, -0.15) is 0 Å². The predicted molar refractivity (Wildman–Crippen MR) is 119 cm³/mol. The van der Waals surface area contributed by atoms with Crippen molar-refractivity contribution in [2.75, 3.05) is 5.75 Å². The van der Waals surface area contributed by atoms with E-state index in [9.17, 15) is 14.4 Å². The molecule has 156 valence electrons. The molecule has 0 aliphatic heterocycles. The number of rotatable bonds is 6. The zero-order valence-electron chi connectivity index (χ0n) is 17.1. The molecule has 0 saturated carbocycles. The molecular weight excluding hydrogens is 400 g/mol. The first-order valence-corrected chi connectivity index (χ1v) is 10.6. The molecular formula is C22H24N4O3S. The molecule has 0 radical (unpaired) electrons. The highest BCUT2D eigenvalue weighted by Crippen LogP contribution is 2.24. The van der Waals surface area contributed by atoms with Crippen molar-refractivity contribution in [3.05, 3.63) is 70.5 Å². The zero-order chi connectivity index (χ0) is 21.7. The maximum Gasteiger partial charge on any atom is 0.321 e. The normalized spacial score (nSPS) is 12.0. The highest BCUT2D eigenvalue weighted by atomic mass is 32.2. The molecule has 3 rings (SSSR count). The average Bonchev–Trinajstić information content (AvgIpc) is 2.72. The predicted octanol–water partition coefficient (Wildman–Crippen LogP) is 3.33. The molecule has 0 aliphatic carbocycles. The van der Waals surface area contributed by atoms with Gasteiger partial charge >= 0.3 is 6.03 Å². The van der Waals surface area contributed by atoms with Gasteiger partial charge < -0.3 is 5.32 Å². The second-order valence-corrected chi connectivity index (χ2v) is 8.08. The number of urea groups is 1. The Morgan fingerprint density at radius 1 is 1.03 bits per heavy atom. The minimum absolute atomic E-state index is 0.0438. The van der Waals surface area contributed by atoms with E-state index in [1.54, 1.807) is 22.8 Å². The van der Waals surface area contributed by atoms with Crippen LogP contribution in [0, 0.1) is 0 Å². The van der Waals surface area contributed by atoms with Crippen molar-refractivity contribution in [3.8, 4) is 0 Å². The van der Waals surface area contributed by atoms with Crippen molar-refractivity contribution >= 4 is 34.6 Å². The van der Waals surface area contributed by atoms with Crippen LogP contribution in [0.3, 0.4) is 0 Å². The Morgan fingerprint density at radius 2 is 1.70 bits per heavy atom. The fourth-order valence-corrected chi connectivity index (χ4v) is 3.92. The molecule has 8 heteroatoms. The number of thioether (sulfide) groups is 1. The Kier molecular flexibility index (Phi) is 6.89. The van der Waals surface area contributed by atoms with E-state index in [4.69, 9.17) is 0 Å². The number of carbonyl (C=O) groups is 2. The lowest BCUT2D eigenvalue weighted by molar-refractivity contribution is -0.117. The molecule has 0 spiro atoms. The number of hydrogen-bond donors (Lipinski definition) is 2. The second kappa shape index (κ2) is 9.58. The van der Waals surface area contributed by atoms with E-state index in [0.29, 0.717) is 16.1 Å². The Morgan fingerprint density at radius 3 is 2.40 bits per heavy atom. The third kappa shape index (κ3) is 5.07. The summed E-state index contributed by atoms with van der Waals surface area (Å²) in [5.74, 6) is -0.503. The number of benzene rings is 2. The summed E-state index contributed by atoms with van der Waals surface area (Å²) >= 11 is 1.13. The van der Waals surface area contributed by atoms with Crippen LogP contribution < -0.4 is 16.2 Å². The van der Waals surface area contributed by atoms with Crippen LogP contribution in [0.1, 0.15) is 32.4 Å². The fourth-order valence-electron chi connectivity index (χ4n) is 3.04. The number of fused-ring (bicyclic) bond motifs is 1. The lowest BCUT2D eigenvalue weighted by Crippen LogP contribution is -2.43. The summed E-state index contributed by atoms with van der Waals surface area (Å²) in [5, 5.41) is 5.84. The molecule has 3 aromatic rings. The minimum Gasteiger partial charge on any atom is -0.336 e. The van der Waals surface area contributed by atoms with E-state index >= 15 is 0 Å². The third-order valence-corrected chi connectivity index (χ3v) is 5.40. The van der Waals surface area contributed by atoms with E-state index in [1.165, 1.54) is 0 Å². The summed E-state index contributed by atoms with van der Waals surface area (Å²) in [4.78, 5) is 41.8. The van der Waals surface area contributed by atoms with Crippen LogP contribution in [0.15, 0.2) is 64.5 Å². The minimum atomic E-state index is -0.544. The summed E-state index contributed by atoms with van der Waals surface area (Å²) in [7, 11) is 0. The zero-order valence-corrected chi connectivity index (χ0v) is 17.9. The summed E-state index contributed by atoms with van der Waals surface area (Å²) < 4.78 is 1.60. The van der Waals surface area contributed by atoms with Gasteiger partial charge in [-0.3, -0.25) is 19.5 Å². The van der Waals surface area contributed by atoms with Crippen LogP contribution in [-0.2, 0) is 4.79 Å². The van der Waals surface area contributed by atoms with Crippen LogP contribution >= 0.6 is 11.8 Å². The largest absolute Gasteiger partial charge is 0.336 e. The molecule has 0 fully saturated rings. The lowest BCUT2D eigenvalue weighted by Gasteiger charge is -2.20. The Hall–Kier alpha value is -3.13. The van der Waals surface area contributed by atoms with E-state index in [0.717, 1.165) is 17.3 Å². The van der Waals surface area contributed by atoms with E-state index in [2.05, 4.69) is 15.6 Å². The molecule has 0 saturated heterocycles. The van der Waals surface area contributed by atoms with Gasteiger partial charge in [0.05, 0.1) is 22.7 Å². The van der Waals surface area contributed by atoms with Crippen LogP contribution in [-0.4, -0.2) is 33.3 Å². The summed E-state index contributed by atoms with van der Waals surface area (Å²) in [6, 6.07) is 15.9. The number of nitrogens with zero attached hydrogens (tertiary/aromatic N) is 2. The Labute approximate surface area is 178 Å². The molecule has 0 aliphatic rings. The summed E-state index contributed by atoms with van der Waals surface area (Å²) in [6.07, 6.45) is 0. The smallest absolute Gasteiger partial charge is 0.321 e. The molecule has 1 heterocycles. The van der Waals surface area contributed by atoms with E-state index in [1.807, 2.05) is 57.2 Å². The van der Waals surface area contributed by atoms with Gasteiger partial charge in [0.1, 0.15) is 0 Å². The molecule has 1 atom stereocenters. The quantitative estimate of drug-likeness (QED) is 0.468. The van der Waals surface area contributed by atoms with Crippen molar-refractivity contribution in [1.29, 1.82) is 0 Å². The molecule has 2 aromatic carbocycles. The molecule has 0 unspecified atom stereocenters. The van der Waals surface area contributed by atoms with E-state index < -0.39 is 11.9 Å². The molecule has 30 heavy (non-hydrogen) atoms. The van der Waals surface area contributed by atoms with Gasteiger partial charge in [0.15, 0.2) is 5.16 Å². The van der Waals surface area contributed by atoms with Gasteiger partial charge in [-0.25, -0.2) is 9.78 Å². The van der Waals surface area contributed by atoms with Gasteiger partial charge in [-0.05, 0) is 38.5 Å². The van der Waals surface area contributed by atoms with Crippen molar-refractivity contribution in [3.63, 3.8) is 0 Å². The monoisotopic (exact) mass is 424 g/mol. The highest BCUT2D eigenvalue weighted by molar-refractivity contribution is 7.99. The number of para-hydroxylation sites is 1. The first-order chi connectivity index (χ1) is 14.4. The molecule has 1 aromatic heterocycles. The van der Waals surface area contributed by atoms with Crippen molar-refractivity contribution in [2.24, 2.45) is 0 Å². The average molecular weight is 425 g/mol. The number of aromatic nitrogens is 2. The second-order valence-electron chi connectivity index (χ2n) is 7.14. The first-order valence-electron chi connectivity index (χ1n) is 9.66. The number of hydrogen-bond acceptors (Lipinski definition) is 5. The maximum absolute atomic E-state index is 13.3. The van der Waals surface area contributed by atoms with Crippen molar-refractivity contribution in [2.45, 2.75) is 38.0 Å². The van der Waals surface area contributed by atoms with Crippen LogP contribution in [0.4, 0.5) is 4.79 Å². The summed E-state index contributed by atoms with van der Waals surface area (Å²) in [5.41, 5.74) is 1.36. The number of nitrogens with one attached hydrogen (secondary N) is 2. The molecule has 2 N–H and O–H groups in total. The molecule has 3 amide bonds. The first kappa shape index (κ1) is 21.6. The van der Waals surface area contributed by atoms with Crippen LogP contribution in [0.25, 0.3) is 10.9 Å². The standard InChI is InChI=1S/C22H24N4O3S/c1-14(2)23-21(29)25-19(27)13-30-22-24-18-12-8-7-11-17(18)20(28)26(22)15(3)16-9-5-4-6-10-16/h4-12,14-15H,13H2,1-3H3,(H2,23,25,27,29)/t15-/m1/s1. The maximum atomic E-state index is 13.3. The Bertz CT molecular complexity index is 1110. The van der Waals surface area contributed by atoms with E-state index in [-0.39, 0.29) is 23.4 Å².